The highest BCUT2D eigenvalue weighted by molar-refractivity contribution is 5.26. The summed E-state index contributed by atoms with van der Waals surface area (Å²) in [5, 5.41) is 14.0. The molecule has 2 heteroatoms. The summed E-state index contributed by atoms with van der Waals surface area (Å²) in [6.07, 6.45) is 11.3. The maximum absolute atomic E-state index is 10.1. The molecule has 0 amide bonds. The van der Waals surface area contributed by atoms with Crippen molar-refractivity contribution in [3.8, 4) is 0 Å². The predicted molar refractivity (Wildman–Crippen MR) is 97.5 cm³/mol. The Labute approximate surface area is 147 Å². The number of allylic oxidation sites excluding steroid dienone is 1. The van der Waals surface area contributed by atoms with E-state index in [-0.39, 0.29) is 6.10 Å². The van der Waals surface area contributed by atoms with E-state index in [9.17, 15) is 5.11 Å². The first-order chi connectivity index (χ1) is 11.4. The van der Waals surface area contributed by atoms with E-state index in [4.69, 9.17) is 0 Å². The van der Waals surface area contributed by atoms with Gasteiger partial charge in [0.25, 0.3) is 0 Å². The lowest BCUT2D eigenvalue weighted by Crippen LogP contribution is -2.50. The van der Waals surface area contributed by atoms with Gasteiger partial charge < -0.3 is 10.4 Å². The number of hydrogen-bond acceptors (Lipinski definition) is 2. The molecule has 24 heavy (non-hydrogen) atoms. The van der Waals surface area contributed by atoms with Crippen LogP contribution < -0.4 is 5.32 Å². The predicted octanol–water partition coefficient (Wildman–Crippen LogP) is 4.14. The van der Waals surface area contributed by atoms with Gasteiger partial charge in [0.2, 0.25) is 0 Å². The van der Waals surface area contributed by atoms with Gasteiger partial charge >= 0.3 is 0 Å². The van der Waals surface area contributed by atoms with E-state index in [2.05, 4.69) is 32.2 Å². The first kappa shape index (κ1) is 15.9. The number of rotatable bonds is 0. The van der Waals surface area contributed by atoms with Crippen molar-refractivity contribution in [1.82, 2.24) is 5.32 Å². The lowest BCUT2D eigenvalue weighted by atomic mass is 9.47. The Morgan fingerprint density at radius 3 is 2.83 bits per heavy atom. The number of aliphatic hydroxyl groups excluding tert-OH is 1. The minimum Gasteiger partial charge on any atom is -0.393 e. The first-order valence-corrected chi connectivity index (χ1v) is 10.5. The van der Waals surface area contributed by atoms with Gasteiger partial charge in [0.1, 0.15) is 0 Å². The van der Waals surface area contributed by atoms with E-state index in [1.165, 1.54) is 38.6 Å². The zero-order chi connectivity index (χ0) is 16.7. The highest BCUT2D eigenvalue weighted by atomic mass is 16.3. The summed E-state index contributed by atoms with van der Waals surface area (Å²) < 4.78 is 0. The van der Waals surface area contributed by atoms with E-state index in [1.54, 1.807) is 5.57 Å². The van der Waals surface area contributed by atoms with Gasteiger partial charge in [-0.1, -0.05) is 32.4 Å². The summed E-state index contributed by atoms with van der Waals surface area (Å²) in [4.78, 5) is 0. The fraction of sp³-hybridized carbons (Fsp3) is 0.909. The van der Waals surface area contributed by atoms with Gasteiger partial charge in [0.15, 0.2) is 0 Å². The van der Waals surface area contributed by atoms with Crippen molar-refractivity contribution in [3.05, 3.63) is 11.6 Å². The van der Waals surface area contributed by atoms with Crippen LogP contribution >= 0.6 is 0 Å². The topological polar surface area (TPSA) is 32.3 Å². The molecule has 5 rings (SSSR count). The molecule has 2 N–H and O–H groups in total. The smallest absolute Gasteiger partial charge is 0.0577 e. The molecule has 0 radical (unpaired) electrons. The lowest BCUT2D eigenvalue weighted by molar-refractivity contribution is -0.0547. The van der Waals surface area contributed by atoms with E-state index < -0.39 is 0 Å². The molecule has 2 nitrogen and oxygen atoms in total. The van der Waals surface area contributed by atoms with Crippen LogP contribution in [0.25, 0.3) is 0 Å². The molecule has 1 heterocycles. The average molecular weight is 330 g/mol. The average Bonchev–Trinajstić information content (AvgIpc) is 3.06. The van der Waals surface area contributed by atoms with Gasteiger partial charge in [-0.25, -0.2) is 0 Å². The van der Waals surface area contributed by atoms with Gasteiger partial charge in [-0.3, -0.25) is 0 Å². The number of aliphatic hydroxyl groups is 1. The summed E-state index contributed by atoms with van der Waals surface area (Å²) in [7, 11) is 0. The quantitative estimate of drug-likeness (QED) is 0.655. The molecule has 4 aliphatic carbocycles. The Kier molecular flexibility index (Phi) is 3.37. The van der Waals surface area contributed by atoms with Crippen molar-refractivity contribution < 1.29 is 5.11 Å². The second kappa shape index (κ2) is 5.10. The Bertz CT molecular complexity index is 570. The SMILES string of the molecule is C[C@@H]1CN[C@H]2CC3C4CC=C5C[C@@H](O)CC[C@]5(C)C4CC[C@]3(C)[C@@H]12. The molecule has 3 unspecified atom stereocenters. The van der Waals surface area contributed by atoms with E-state index in [0.29, 0.717) is 10.8 Å². The molecule has 3 saturated carbocycles. The molecule has 0 aromatic rings. The highest BCUT2D eigenvalue weighted by Crippen LogP contribution is 2.67. The minimum absolute atomic E-state index is 0.0781. The zero-order valence-electron chi connectivity index (χ0n) is 15.7. The Morgan fingerprint density at radius 1 is 1.17 bits per heavy atom. The van der Waals surface area contributed by atoms with Crippen LogP contribution in [-0.2, 0) is 0 Å². The molecule has 5 aliphatic rings. The van der Waals surface area contributed by atoms with E-state index in [1.807, 2.05) is 0 Å². The van der Waals surface area contributed by atoms with E-state index >= 15 is 0 Å². The molecule has 0 spiro atoms. The summed E-state index contributed by atoms with van der Waals surface area (Å²) in [5.74, 6) is 4.46. The van der Waals surface area contributed by atoms with Crippen LogP contribution in [0, 0.1) is 40.4 Å². The Hall–Kier alpha value is -0.340. The molecular formula is C22H35NO. The van der Waals surface area contributed by atoms with Crippen LogP contribution in [0.15, 0.2) is 11.6 Å². The molecule has 1 saturated heterocycles. The van der Waals surface area contributed by atoms with Crippen LogP contribution in [0.2, 0.25) is 0 Å². The van der Waals surface area contributed by atoms with Gasteiger partial charge in [-0.05, 0) is 91.9 Å². The third-order valence-electron chi connectivity index (χ3n) is 9.53. The fourth-order valence-electron chi connectivity index (χ4n) is 8.45. The molecule has 1 aliphatic heterocycles. The molecular weight excluding hydrogens is 294 g/mol. The molecule has 4 fully saturated rings. The highest BCUT2D eigenvalue weighted by Gasteiger charge is 2.62. The normalized spacial score (nSPS) is 59.2. The van der Waals surface area contributed by atoms with Crippen molar-refractivity contribution in [3.63, 3.8) is 0 Å². The van der Waals surface area contributed by atoms with Crippen LogP contribution in [0.3, 0.4) is 0 Å². The maximum atomic E-state index is 10.1. The van der Waals surface area contributed by atoms with Crippen LogP contribution in [0.4, 0.5) is 0 Å². The summed E-state index contributed by atoms with van der Waals surface area (Å²) in [5.41, 5.74) is 2.57. The third-order valence-corrected chi connectivity index (χ3v) is 9.53. The van der Waals surface area contributed by atoms with Crippen molar-refractivity contribution in [2.24, 2.45) is 40.4 Å². The molecule has 0 aromatic carbocycles. The van der Waals surface area contributed by atoms with Crippen molar-refractivity contribution >= 4 is 0 Å². The van der Waals surface area contributed by atoms with Gasteiger partial charge in [-0.15, -0.1) is 0 Å². The second-order valence-corrected chi connectivity index (χ2v) is 10.5. The van der Waals surface area contributed by atoms with Crippen molar-refractivity contribution in [1.29, 1.82) is 0 Å². The zero-order valence-corrected chi connectivity index (χ0v) is 15.7. The van der Waals surface area contributed by atoms with Gasteiger partial charge in [0, 0.05) is 6.04 Å². The number of fused-ring (bicyclic) bond motifs is 7. The van der Waals surface area contributed by atoms with Crippen LogP contribution in [0.5, 0.6) is 0 Å². The van der Waals surface area contributed by atoms with Crippen LogP contribution in [0.1, 0.15) is 65.7 Å². The standard InChI is InChI=1S/C22H35NO/c1-13-12-23-19-11-18-16-5-4-14-10-15(24)6-8-21(14,2)17(16)7-9-22(18,3)20(13)19/h4,13,15-20,23-24H,5-12H2,1-3H3/t13-,15+,16?,17?,18?,19+,20+,21+,22+/m1/s1. The Balaban J connectivity index is 1.49. The van der Waals surface area contributed by atoms with Crippen LogP contribution in [-0.4, -0.2) is 23.8 Å². The van der Waals surface area contributed by atoms with Gasteiger partial charge in [-0.2, -0.15) is 0 Å². The summed E-state index contributed by atoms with van der Waals surface area (Å²) >= 11 is 0. The first-order valence-electron chi connectivity index (χ1n) is 10.5. The van der Waals surface area contributed by atoms with Crippen molar-refractivity contribution in [2.45, 2.75) is 77.9 Å². The lowest BCUT2D eigenvalue weighted by Gasteiger charge is -2.58. The molecule has 0 aromatic heterocycles. The van der Waals surface area contributed by atoms with E-state index in [0.717, 1.165) is 48.5 Å². The number of hydrogen-bond donors (Lipinski definition) is 2. The Morgan fingerprint density at radius 2 is 2.00 bits per heavy atom. The molecule has 0 bridgehead atoms. The largest absolute Gasteiger partial charge is 0.393 e. The third kappa shape index (κ3) is 1.91. The second-order valence-electron chi connectivity index (χ2n) is 10.5. The monoisotopic (exact) mass is 329 g/mol. The summed E-state index contributed by atoms with van der Waals surface area (Å²) in [6.45, 7) is 8.92. The fourth-order valence-corrected chi connectivity index (χ4v) is 8.45. The molecule has 9 atom stereocenters. The van der Waals surface area contributed by atoms with Crippen molar-refractivity contribution in [2.75, 3.05) is 6.54 Å². The molecule has 134 valence electrons. The number of nitrogens with one attached hydrogen (secondary N) is 1. The summed E-state index contributed by atoms with van der Waals surface area (Å²) in [6, 6.07) is 0.792. The van der Waals surface area contributed by atoms with Gasteiger partial charge in [0.05, 0.1) is 6.10 Å². The maximum Gasteiger partial charge on any atom is 0.0577 e. The minimum atomic E-state index is -0.0781.